The van der Waals surface area contributed by atoms with Crippen LogP contribution in [0.1, 0.15) is 73.7 Å². The van der Waals surface area contributed by atoms with Crippen LogP contribution < -0.4 is 20.7 Å². The second-order valence-electron chi connectivity index (χ2n) is 11.0. The highest BCUT2D eigenvalue weighted by Gasteiger charge is 2.22. The van der Waals surface area contributed by atoms with Gasteiger partial charge in [0.1, 0.15) is 17.1 Å². The molecule has 0 saturated heterocycles. The average molecular weight is 630 g/mol. The van der Waals surface area contributed by atoms with Crippen LogP contribution in [0, 0.1) is 0 Å². The molecule has 3 aromatic heterocycles. The van der Waals surface area contributed by atoms with Gasteiger partial charge in [0.05, 0.1) is 24.1 Å². The summed E-state index contributed by atoms with van der Waals surface area (Å²) in [7, 11) is 7.31. The Labute approximate surface area is 267 Å². The molecule has 0 atom stereocenters. The Kier molecular flexibility index (Phi) is 11.2. The molecule has 3 N–H and O–H groups in total. The fourth-order valence-electron chi connectivity index (χ4n) is 4.38. The number of rotatable bonds is 13. The van der Waals surface area contributed by atoms with Crippen LogP contribution in [-0.4, -0.2) is 71.5 Å². The minimum Gasteiger partial charge on any atom is -0.497 e. The molecule has 4 rings (SSSR count). The zero-order valence-electron chi connectivity index (χ0n) is 26.4. The van der Waals surface area contributed by atoms with Crippen LogP contribution in [0.3, 0.4) is 0 Å². The highest BCUT2D eigenvalue weighted by Crippen LogP contribution is 2.30. The molecule has 0 spiro atoms. The Hall–Kier alpha value is -4.81. The minimum absolute atomic E-state index is 0.0561. The SMILES string of the molecule is COc1ccc(/C=C/c2ccc(C(=O)Nc3cc(C(=O)Nc4nc(C(=O)NCCCN(C)C)c(C(C)C)s4)n(C)c3)cn2)cc1. The van der Waals surface area contributed by atoms with Crippen molar-refractivity contribution in [1.82, 2.24) is 24.8 Å². The summed E-state index contributed by atoms with van der Waals surface area (Å²) in [5, 5.41) is 8.89. The number of thiazole rings is 1. The number of methoxy groups -OCH3 is 1. The third-order valence-corrected chi connectivity index (χ3v) is 8.06. The van der Waals surface area contributed by atoms with Gasteiger partial charge in [-0.2, -0.15) is 0 Å². The van der Waals surface area contributed by atoms with E-state index in [9.17, 15) is 14.4 Å². The first-order valence-electron chi connectivity index (χ1n) is 14.5. The largest absolute Gasteiger partial charge is 0.497 e. The number of aromatic nitrogens is 3. The summed E-state index contributed by atoms with van der Waals surface area (Å²) in [5.74, 6) is -0.175. The van der Waals surface area contributed by atoms with Gasteiger partial charge < -0.3 is 24.8 Å². The number of benzene rings is 1. The molecule has 3 heterocycles. The number of anilines is 2. The van der Waals surface area contributed by atoms with E-state index in [4.69, 9.17) is 4.74 Å². The van der Waals surface area contributed by atoms with Crippen molar-refractivity contribution in [2.75, 3.05) is 44.9 Å². The second kappa shape index (κ2) is 15.3. The number of carbonyl (C=O) groups is 3. The third-order valence-electron chi connectivity index (χ3n) is 6.79. The molecular formula is C33H39N7O4S. The van der Waals surface area contributed by atoms with E-state index in [0.29, 0.717) is 40.0 Å². The van der Waals surface area contributed by atoms with Crippen molar-refractivity contribution >= 4 is 52.0 Å². The summed E-state index contributed by atoms with van der Waals surface area (Å²) in [6, 6.07) is 12.7. The first-order valence-corrected chi connectivity index (χ1v) is 15.4. The Morgan fingerprint density at radius 1 is 1.02 bits per heavy atom. The Morgan fingerprint density at radius 2 is 1.78 bits per heavy atom. The van der Waals surface area contributed by atoms with Crippen LogP contribution in [0.2, 0.25) is 0 Å². The van der Waals surface area contributed by atoms with E-state index >= 15 is 0 Å². The van der Waals surface area contributed by atoms with Gasteiger partial charge in [0.2, 0.25) is 0 Å². The summed E-state index contributed by atoms with van der Waals surface area (Å²) >= 11 is 1.28. The van der Waals surface area contributed by atoms with Gasteiger partial charge in [0.15, 0.2) is 5.13 Å². The highest BCUT2D eigenvalue weighted by atomic mass is 32.1. The topological polar surface area (TPSA) is 130 Å². The van der Waals surface area contributed by atoms with Crippen LogP contribution in [0.15, 0.2) is 54.9 Å². The fraction of sp³-hybridized carbons (Fsp3) is 0.303. The van der Waals surface area contributed by atoms with Crippen LogP contribution in [0.5, 0.6) is 5.75 Å². The second-order valence-corrected chi connectivity index (χ2v) is 12.0. The number of pyridine rings is 1. The average Bonchev–Trinajstić information content (AvgIpc) is 3.61. The first-order chi connectivity index (χ1) is 21.5. The number of aryl methyl sites for hydroxylation is 1. The number of carbonyl (C=O) groups excluding carboxylic acids is 3. The molecule has 0 aliphatic carbocycles. The number of amides is 3. The predicted molar refractivity (Wildman–Crippen MR) is 179 cm³/mol. The molecule has 4 aromatic rings. The van der Waals surface area contributed by atoms with E-state index < -0.39 is 5.91 Å². The molecule has 0 bridgehead atoms. The monoisotopic (exact) mass is 629 g/mol. The summed E-state index contributed by atoms with van der Waals surface area (Å²) in [6.07, 6.45) is 7.77. The lowest BCUT2D eigenvalue weighted by Gasteiger charge is -2.10. The molecule has 236 valence electrons. The molecule has 11 nitrogen and oxygen atoms in total. The van der Waals surface area contributed by atoms with E-state index in [-0.39, 0.29) is 17.7 Å². The molecule has 45 heavy (non-hydrogen) atoms. The molecule has 0 unspecified atom stereocenters. The standard InChI is InChI=1S/C33H39N7O4S/c1-21(2)29-28(32(43)34-16-7-17-39(3)4)37-33(45-29)38-31(42)27-18-25(20-40(27)5)36-30(41)23-11-13-24(35-19-23)12-8-22-9-14-26(44-6)15-10-22/h8-15,18-21H,7,16-17H2,1-6H3,(H,34,43)(H,36,41)(H,37,38,42)/b12-8+. The van der Waals surface area contributed by atoms with Crippen molar-refractivity contribution in [3.63, 3.8) is 0 Å². The number of nitrogens with zero attached hydrogens (tertiary/aromatic N) is 4. The number of ether oxygens (including phenoxy) is 1. The van der Waals surface area contributed by atoms with E-state index in [0.717, 1.165) is 29.2 Å². The summed E-state index contributed by atoms with van der Waals surface area (Å²) in [5.41, 5.74) is 3.17. The molecule has 12 heteroatoms. The number of hydrogen-bond acceptors (Lipinski definition) is 8. The van der Waals surface area contributed by atoms with Crippen LogP contribution in [0.4, 0.5) is 10.8 Å². The zero-order valence-corrected chi connectivity index (χ0v) is 27.2. The Bertz CT molecular complexity index is 1660. The van der Waals surface area contributed by atoms with Crippen molar-refractivity contribution in [2.24, 2.45) is 7.05 Å². The van der Waals surface area contributed by atoms with Crippen LogP contribution in [-0.2, 0) is 7.05 Å². The van der Waals surface area contributed by atoms with Gasteiger partial charge in [-0.15, -0.1) is 11.3 Å². The van der Waals surface area contributed by atoms with Crippen molar-refractivity contribution in [3.05, 3.63) is 87.9 Å². The molecule has 0 fully saturated rings. The van der Waals surface area contributed by atoms with Gasteiger partial charge in [-0.25, -0.2) is 4.98 Å². The highest BCUT2D eigenvalue weighted by molar-refractivity contribution is 7.16. The number of nitrogens with one attached hydrogen (secondary N) is 3. The van der Waals surface area contributed by atoms with Gasteiger partial charge in [0.25, 0.3) is 17.7 Å². The molecule has 0 radical (unpaired) electrons. The van der Waals surface area contributed by atoms with Crippen LogP contribution in [0.25, 0.3) is 12.2 Å². The smallest absolute Gasteiger partial charge is 0.274 e. The van der Waals surface area contributed by atoms with E-state index in [1.54, 1.807) is 43.1 Å². The maximum Gasteiger partial charge on any atom is 0.274 e. The van der Waals surface area contributed by atoms with E-state index in [2.05, 4.69) is 30.8 Å². The number of hydrogen-bond donors (Lipinski definition) is 3. The molecular weight excluding hydrogens is 590 g/mol. The molecule has 0 aliphatic rings. The maximum atomic E-state index is 13.2. The zero-order chi connectivity index (χ0) is 32.5. The lowest BCUT2D eigenvalue weighted by molar-refractivity contribution is 0.0944. The summed E-state index contributed by atoms with van der Waals surface area (Å²) in [6.45, 7) is 5.36. The van der Waals surface area contributed by atoms with Crippen molar-refractivity contribution in [1.29, 1.82) is 0 Å². The maximum absolute atomic E-state index is 13.2. The van der Waals surface area contributed by atoms with Gasteiger partial charge in [-0.3, -0.25) is 24.7 Å². The quantitative estimate of drug-likeness (QED) is 0.170. The normalized spacial score (nSPS) is 11.3. The lowest BCUT2D eigenvalue weighted by atomic mass is 10.1. The molecule has 0 saturated carbocycles. The van der Waals surface area contributed by atoms with Crippen molar-refractivity contribution in [2.45, 2.75) is 26.2 Å². The first kappa shape index (κ1) is 33.1. The van der Waals surface area contributed by atoms with Gasteiger partial charge >= 0.3 is 0 Å². The Balaban J connectivity index is 1.37. The molecule has 1 aromatic carbocycles. The van der Waals surface area contributed by atoms with Crippen LogP contribution >= 0.6 is 11.3 Å². The van der Waals surface area contributed by atoms with Crippen molar-refractivity contribution < 1.29 is 19.1 Å². The lowest BCUT2D eigenvalue weighted by Crippen LogP contribution is -2.28. The fourth-order valence-corrected chi connectivity index (χ4v) is 5.34. The minimum atomic E-state index is -0.408. The van der Waals surface area contributed by atoms with E-state index in [1.165, 1.54) is 17.5 Å². The predicted octanol–water partition coefficient (Wildman–Crippen LogP) is 5.37. The third kappa shape index (κ3) is 9.10. The molecule has 0 aliphatic heterocycles. The van der Waals surface area contributed by atoms with Crippen molar-refractivity contribution in [3.8, 4) is 5.75 Å². The Morgan fingerprint density at radius 3 is 2.42 bits per heavy atom. The summed E-state index contributed by atoms with van der Waals surface area (Å²) < 4.78 is 6.80. The summed E-state index contributed by atoms with van der Waals surface area (Å²) in [4.78, 5) is 50.6. The van der Waals surface area contributed by atoms with Gasteiger partial charge in [-0.1, -0.05) is 32.1 Å². The molecule has 3 amide bonds. The van der Waals surface area contributed by atoms with E-state index in [1.807, 2.05) is 64.4 Å². The van der Waals surface area contributed by atoms with Gasteiger partial charge in [0, 0.05) is 30.9 Å². The van der Waals surface area contributed by atoms with Gasteiger partial charge in [-0.05, 0) is 75.0 Å².